The Kier molecular flexibility index (Phi) is 8.69. The number of carbonyl (C=O) groups excluding carboxylic acids is 2. The smallest absolute Gasteiger partial charge is 0.337 e. The van der Waals surface area contributed by atoms with E-state index in [0.29, 0.717) is 29.1 Å². The topological polar surface area (TPSA) is 153 Å². The maximum atomic E-state index is 14.0. The van der Waals surface area contributed by atoms with Gasteiger partial charge in [0.15, 0.2) is 0 Å². The number of primary amides is 1. The number of morpholine rings is 1. The number of para-hydroxylation sites is 1. The van der Waals surface area contributed by atoms with Crippen molar-refractivity contribution in [1.29, 1.82) is 0 Å². The lowest BCUT2D eigenvalue weighted by Gasteiger charge is -2.32. The summed E-state index contributed by atoms with van der Waals surface area (Å²) in [6.45, 7) is 0.720. The number of nitrogens with two attached hydrogens (primary N) is 1. The van der Waals surface area contributed by atoms with E-state index in [1.54, 1.807) is 42.5 Å². The number of amides is 1. The number of esters is 1. The van der Waals surface area contributed by atoms with Crippen molar-refractivity contribution in [3.05, 3.63) is 88.6 Å². The first kappa shape index (κ1) is 29.4. The van der Waals surface area contributed by atoms with Crippen molar-refractivity contribution in [2.45, 2.75) is 17.5 Å². The quantitative estimate of drug-likeness (QED) is 0.229. The monoisotopic (exact) mass is 612 g/mol. The van der Waals surface area contributed by atoms with Crippen LogP contribution in [0.3, 0.4) is 0 Å². The number of benzene rings is 3. The number of hydrogen-bond acceptors (Lipinski definition) is 8. The number of H-pyrrole nitrogens is 1. The Morgan fingerprint density at radius 3 is 2.57 bits per heavy atom. The summed E-state index contributed by atoms with van der Waals surface area (Å²) in [6, 6.07) is 19.1. The summed E-state index contributed by atoms with van der Waals surface area (Å²) in [4.78, 5) is 26.9. The van der Waals surface area contributed by atoms with E-state index in [1.807, 2.05) is 18.2 Å². The summed E-state index contributed by atoms with van der Waals surface area (Å²) in [5, 5.41) is 3.71. The van der Waals surface area contributed by atoms with Crippen LogP contribution in [0.2, 0.25) is 5.02 Å². The largest absolute Gasteiger partial charge is 0.491 e. The predicted molar refractivity (Wildman–Crippen MR) is 157 cm³/mol. The molecule has 1 atom stereocenters. The minimum Gasteiger partial charge on any atom is -0.491 e. The van der Waals surface area contributed by atoms with Crippen LogP contribution in [0.25, 0.3) is 10.9 Å². The molecular formula is C29H29ClN4O7S. The van der Waals surface area contributed by atoms with Gasteiger partial charge >= 0.3 is 5.97 Å². The average molecular weight is 613 g/mol. The number of ether oxygens (including phenoxy) is 3. The number of rotatable bonds is 10. The summed E-state index contributed by atoms with van der Waals surface area (Å²) < 4.78 is 45.6. The Bertz CT molecular complexity index is 1710. The Morgan fingerprint density at radius 2 is 1.88 bits per heavy atom. The van der Waals surface area contributed by atoms with Gasteiger partial charge in [-0.25, -0.2) is 13.2 Å². The van der Waals surface area contributed by atoms with Gasteiger partial charge in [-0.1, -0.05) is 41.9 Å². The number of nitrogens with zero attached hydrogens (tertiary/aromatic N) is 1. The zero-order valence-corrected chi connectivity index (χ0v) is 24.2. The molecule has 0 radical (unpaired) electrons. The Hall–Kier alpha value is -4.10. The zero-order valence-electron chi connectivity index (χ0n) is 22.6. The van der Waals surface area contributed by atoms with Gasteiger partial charge in [0.2, 0.25) is 10.0 Å². The predicted octanol–water partition coefficient (Wildman–Crippen LogP) is 3.79. The van der Waals surface area contributed by atoms with Crippen molar-refractivity contribution >= 4 is 50.1 Å². The van der Waals surface area contributed by atoms with Gasteiger partial charge in [0, 0.05) is 30.0 Å². The van der Waals surface area contributed by atoms with E-state index in [1.165, 1.54) is 17.5 Å². The molecule has 1 aliphatic heterocycles. The van der Waals surface area contributed by atoms with Gasteiger partial charge in [-0.3, -0.25) is 4.79 Å². The third-order valence-electron chi connectivity index (χ3n) is 6.81. The summed E-state index contributed by atoms with van der Waals surface area (Å²) in [7, 11) is -2.91. The number of sulfonamides is 1. The van der Waals surface area contributed by atoms with E-state index in [-0.39, 0.29) is 47.3 Å². The molecule has 1 fully saturated rings. The summed E-state index contributed by atoms with van der Waals surface area (Å²) in [5.41, 5.74) is 7.48. The number of aromatic amines is 1. The first-order chi connectivity index (χ1) is 20.2. The van der Waals surface area contributed by atoms with Gasteiger partial charge in [0.1, 0.15) is 29.0 Å². The number of methoxy groups -OCH3 is 1. The third kappa shape index (κ3) is 6.21. The second-order valence-electron chi connectivity index (χ2n) is 9.59. The fourth-order valence-electron chi connectivity index (χ4n) is 4.74. The average Bonchev–Trinajstić information content (AvgIpc) is 3.40. The molecule has 13 heteroatoms. The lowest BCUT2D eigenvalue weighted by molar-refractivity contribution is -0.0249. The molecule has 0 spiro atoms. The van der Waals surface area contributed by atoms with Gasteiger partial charge in [0.25, 0.3) is 5.91 Å². The molecule has 11 nitrogen and oxygen atoms in total. The van der Waals surface area contributed by atoms with Crippen LogP contribution in [0.15, 0.2) is 71.6 Å². The maximum Gasteiger partial charge on any atom is 0.337 e. The van der Waals surface area contributed by atoms with Crippen LogP contribution in [0, 0.1) is 0 Å². The molecular weight excluding hydrogens is 584 g/mol. The van der Waals surface area contributed by atoms with Gasteiger partial charge in [-0.05, 0) is 42.0 Å². The van der Waals surface area contributed by atoms with Crippen LogP contribution in [0.4, 0.5) is 5.69 Å². The molecule has 220 valence electrons. The number of hydrogen-bond donors (Lipinski definition) is 3. The zero-order chi connectivity index (χ0) is 29.9. The third-order valence-corrected chi connectivity index (χ3v) is 8.98. The van der Waals surface area contributed by atoms with Crippen molar-refractivity contribution in [2.24, 2.45) is 5.73 Å². The Balaban J connectivity index is 1.42. The van der Waals surface area contributed by atoms with E-state index >= 15 is 0 Å². The molecule has 5 rings (SSSR count). The number of halogens is 1. The highest BCUT2D eigenvalue weighted by Gasteiger charge is 2.36. The molecule has 1 unspecified atom stereocenters. The number of fused-ring (bicyclic) bond motifs is 1. The van der Waals surface area contributed by atoms with Crippen LogP contribution in [-0.4, -0.2) is 69.1 Å². The summed E-state index contributed by atoms with van der Waals surface area (Å²) >= 11 is 6.43. The molecule has 1 aromatic heterocycles. The second kappa shape index (κ2) is 12.4. The van der Waals surface area contributed by atoms with E-state index < -0.39 is 28.0 Å². The minimum absolute atomic E-state index is 0.0211. The molecule has 3 aromatic carbocycles. The Morgan fingerprint density at radius 1 is 1.14 bits per heavy atom. The molecule has 1 aliphatic rings. The number of nitrogens with one attached hydrogen (secondary N) is 2. The highest BCUT2D eigenvalue weighted by Crippen LogP contribution is 2.36. The molecule has 1 amide bonds. The van der Waals surface area contributed by atoms with E-state index in [4.69, 9.17) is 31.5 Å². The number of anilines is 1. The summed E-state index contributed by atoms with van der Waals surface area (Å²) in [5.74, 6) is -0.731. The van der Waals surface area contributed by atoms with Crippen LogP contribution < -0.4 is 15.8 Å². The van der Waals surface area contributed by atoms with E-state index in [9.17, 15) is 18.0 Å². The second-order valence-corrected chi connectivity index (χ2v) is 11.9. The molecule has 0 aliphatic carbocycles. The lowest BCUT2D eigenvalue weighted by Crippen LogP contribution is -2.47. The van der Waals surface area contributed by atoms with Gasteiger partial charge in [0.05, 0.1) is 30.5 Å². The van der Waals surface area contributed by atoms with Crippen molar-refractivity contribution in [3.63, 3.8) is 0 Å². The normalized spacial score (nSPS) is 15.8. The van der Waals surface area contributed by atoms with Gasteiger partial charge in [-0.15, -0.1) is 0 Å². The standard InChI is InChI=1S/C29H29ClN4O7S/c1-39-29(36)19-9-7-18(8-10-19)15-32-24-14-20(30)13-23-25(24)33-26(28(31)35)27(23)42(37,38)34-11-12-40-22(16-34)17-41-21-5-3-2-4-6-21/h2-10,13-14,22,32-33H,11-12,15-17H2,1H3,(H2,31,35). The SMILES string of the molecule is COC(=O)c1ccc(CNc2cc(Cl)cc3c(S(=O)(=O)N4CCOC(COc5ccccc5)C4)c(C(N)=O)[nH]c23)cc1. The van der Waals surface area contributed by atoms with Crippen molar-refractivity contribution in [2.75, 3.05) is 38.7 Å². The fourth-order valence-corrected chi connectivity index (χ4v) is 6.74. The van der Waals surface area contributed by atoms with Crippen molar-refractivity contribution in [3.8, 4) is 5.75 Å². The lowest BCUT2D eigenvalue weighted by atomic mass is 10.1. The highest BCUT2D eigenvalue weighted by atomic mass is 35.5. The maximum absolute atomic E-state index is 14.0. The van der Waals surface area contributed by atoms with Crippen LogP contribution in [-0.2, 0) is 26.0 Å². The number of aromatic nitrogens is 1. The van der Waals surface area contributed by atoms with Crippen LogP contribution >= 0.6 is 11.6 Å². The summed E-state index contributed by atoms with van der Waals surface area (Å²) in [6.07, 6.45) is -0.526. The highest BCUT2D eigenvalue weighted by molar-refractivity contribution is 7.89. The molecule has 4 aromatic rings. The minimum atomic E-state index is -4.22. The molecule has 0 saturated carbocycles. The van der Waals surface area contributed by atoms with Crippen LogP contribution in [0.5, 0.6) is 5.75 Å². The van der Waals surface area contributed by atoms with Gasteiger partial charge in [-0.2, -0.15) is 4.31 Å². The number of carbonyl (C=O) groups is 2. The Labute approximate surface area is 247 Å². The van der Waals surface area contributed by atoms with E-state index in [2.05, 4.69) is 10.3 Å². The fraction of sp³-hybridized carbons (Fsp3) is 0.241. The molecule has 4 N–H and O–H groups in total. The molecule has 0 bridgehead atoms. The van der Waals surface area contributed by atoms with E-state index in [0.717, 1.165) is 5.56 Å². The molecule has 2 heterocycles. The first-order valence-corrected chi connectivity index (χ1v) is 14.8. The van der Waals surface area contributed by atoms with Crippen molar-refractivity contribution in [1.82, 2.24) is 9.29 Å². The van der Waals surface area contributed by atoms with Crippen LogP contribution in [0.1, 0.15) is 26.4 Å². The first-order valence-electron chi connectivity index (χ1n) is 13.0. The molecule has 42 heavy (non-hydrogen) atoms. The molecule has 1 saturated heterocycles. The van der Waals surface area contributed by atoms with Gasteiger partial charge < -0.3 is 30.2 Å². The van der Waals surface area contributed by atoms with Crippen molar-refractivity contribution < 1.29 is 32.2 Å².